The Kier molecular flexibility index (Phi) is 3.62. The Morgan fingerprint density at radius 2 is 1.77 bits per heavy atom. The predicted octanol–water partition coefficient (Wildman–Crippen LogP) is 1.33. The molecule has 22 heavy (non-hydrogen) atoms. The van der Waals surface area contributed by atoms with Gasteiger partial charge in [-0.1, -0.05) is 30.3 Å². The minimum absolute atomic E-state index is 0.183. The number of hydrogen-bond acceptors (Lipinski definition) is 3. The average molecular weight is 319 g/mol. The predicted molar refractivity (Wildman–Crippen MR) is 85.4 cm³/mol. The second kappa shape index (κ2) is 5.46. The number of hydrogen-bond donors (Lipinski definition) is 0. The van der Waals surface area contributed by atoms with Crippen molar-refractivity contribution in [2.75, 3.05) is 0 Å². The van der Waals surface area contributed by atoms with Crippen LogP contribution < -0.4 is 11.2 Å². The van der Waals surface area contributed by atoms with Crippen LogP contribution in [0.25, 0.3) is 11.2 Å². The quantitative estimate of drug-likeness (QED) is 0.684. The third-order valence-electron chi connectivity index (χ3n) is 3.77. The van der Waals surface area contributed by atoms with Gasteiger partial charge in [-0.15, -0.1) is 0 Å². The lowest BCUT2D eigenvalue weighted by Gasteiger charge is -2.08. The lowest BCUT2D eigenvalue weighted by Crippen LogP contribution is -2.40. The van der Waals surface area contributed by atoms with E-state index in [0.29, 0.717) is 24.1 Å². The summed E-state index contributed by atoms with van der Waals surface area (Å²) < 4.78 is 4.08. The highest BCUT2D eigenvalue weighted by molar-refractivity contribution is 6.29. The zero-order chi connectivity index (χ0) is 15.9. The Balaban J connectivity index is 2.12. The standard InChI is InChI=1S/C15H15ClN4O2/c1-18-11-12(17-14(18)16)19(2)15(22)20(13(11)21)9-8-10-6-4-3-5-7-10/h3-7H,8-9H2,1-2H3. The van der Waals surface area contributed by atoms with E-state index in [-0.39, 0.29) is 16.5 Å². The molecule has 7 heteroatoms. The SMILES string of the molecule is Cn1c(Cl)nc2c1c(=O)n(CCc1ccccc1)c(=O)n2C. The maximum Gasteiger partial charge on any atom is 0.332 e. The first-order valence-electron chi connectivity index (χ1n) is 6.86. The zero-order valence-electron chi connectivity index (χ0n) is 12.3. The molecule has 6 nitrogen and oxygen atoms in total. The molecule has 2 aromatic heterocycles. The van der Waals surface area contributed by atoms with Crippen LogP contribution in [0.4, 0.5) is 0 Å². The van der Waals surface area contributed by atoms with E-state index in [2.05, 4.69) is 4.98 Å². The van der Waals surface area contributed by atoms with Crippen LogP contribution in [0.2, 0.25) is 5.28 Å². The number of benzene rings is 1. The fourth-order valence-electron chi connectivity index (χ4n) is 2.50. The maximum atomic E-state index is 12.6. The molecular formula is C15H15ClN4O2. The van der Waals surface area contributed by atoms with E-state index in [0.717, 1.165) is 5.56 Å². The van der Waals surface area contributed by atoms with Crippen molar-refractivity contribution < 1.29 is 0 Å². The lowest BCUT2D eigenvalue weighted by atomic mass is 10.1. The van der Waals surface area contributed by atoms with E-state index in [1.54, 1.807) is 14.1 Å². The average Bonchev–Trinajstić information content (AvgIpc) is 2.82. The monoisotopic (exact) mass is 318 g/mol. The molecule has 114 valence electrons. The van der Waals surface area contributed by atoms with E-state index < -0.39 is 0 Å². The number of aryl methyl sites for hydroxylation is 3. The summed E-state index contributed by atoms with van der Waals surface area (Å²) in [6, 6.07) is 9.73. The topological polar surface area (TPSA) is 61.8 Å². The van der Waals surface area contributed by atoms with E-state index in [9.17, 15) is 9.59 Å². The largest absolute Gasteiger partial charge is 0.332 e. The first-order valence-corrected chi connectivity index (χ1v) is 7.24. The number of aromatic nitrogens is 4. The molecule has 0 aliphatic rings. The summed E-state index contributed by atoms with van der Waals surface area (Å²) in [5.41, 5.74) is 0.956. The normalized spacial score (nSPS) is 11.2. The molecule has 0 aliphatic heterocycles. The first kappa shape index (κ1) is 14.6. The zero-order valence-corrected chi connectivity index (χ0v) is 13.0. The number of imidazole rings is 1. The van der Waals surface area contributed by atoms with Crippen molar-refractivity contribution in [3.8, 4) is 0 Å². The highest BCUT2D eigenvalue weighted by Crippen LogP contribution is 2.13. The summed E-state index contributed by atoms with van der Waals surface area (Å²) in [5, 5.41) is 0.183. The molecule has 0 fully saturated rings. The van der Waals surface area contributed by atoms with Crippen molar-refractivity contribution in [3.05, 3.63) is 62.0 Å². The molecule has 3 rings (SSSR count). The van der Waals surface area contributed by atoms with Crippen molar-refractivity contribution in [2.24, 2.45) is 14.1 Å². The second-order valence-corrected chi connectivity index (χ2v) is 5.48. The molecular weight excluding hydrogens is 304 g/mol. The van der Waals surface area contributed by atoms with Crippen LogP contribution in [-0.4, -0.2) is 18.7 Å². The van der Waals surface area contributed by atoms with Crippen LogP contribution in [0, 0.1) is 0 Å². The third kappa shape index (κ3) is 2.25. The molecule has 3 aromatic rings. The Labute approximate surface area is 131 Å². The second-order valence-electron chi connectivity index (χ2n) is 5.15. The maximum absolute atomic E-state index is 12.6. The van der Waals surface area contributed by atoms with E-state index in [1.807, 2.05) is 30.3 Å². The lowest BCUT2D eigenvalue weighted by molar-refractivity contribution is 0.601. The number of halogens is 1. The Bertz CT molecular complexity index is 954. The summed E-state index contributed by atoms with van der Waals surface area (Å²) in [4.78, 5) is 29.0. The van der Waals surface area contributed by atoms with Gasteiger partial charge in [-0.3, -0.25) is 13.9 Å². The molecule has 0 saturated heterocycles. The molecule has 0 amide bonds. The van der Waals surface area contributed by atoms with Gasteiger partial charge in [0.05, 0.1) is 0 Å². The smallest absolute Gasteiger partial charge is 0.312 e. The summed E-state index contributed by atoms with van der Waals surface area (Å²) in [5.74, 6) is 0. The van der Waals surface area contributed by atoms with Gasteiger partial charge in [0.1, 0.15) is 0 Å². The van der Waals surface area contributed by atoms with Crippen molar-refractivity contribution >= 4 is 22.8 Å². The number of fused-ring (bicyclic) bond motifs is 1. The van der Waals surface area contributed by atoms with Gasteiger partial charge < -0.3 is 4.57 Å². The number of rotatable bonds is 3. The molecule has 0 aliphatic carbocycles. The van der Waals surface area contributed by atoms with Gasteiger partial charge >= 0.3 is 5.69 Å². The van der Waals surface area contributed by atoms with Crippen molar-refractivity contribution in [1.82, 2.24) is 18.7 Å². The molecule has 0 bridgehead atoms. The van der Waals surface area contributed by atoms with Gasteiger partial charge in [0.15, 0.2) is 11.2 Å². The Hall–Kier alpha value is -2.34. The fraction of sp³-hybridized carbons (Fsp3) is 0.267. The van der Waals surface area contributed by atoms with Gasteiger partial charge in [0.25, 0.3) is 5.56 Å². The highest BCUT2D eigenvalue weighted by Gasteiger charge is 2.17. The molecule has 0 saturated carbocycles. The molecule has 0 radical (unpaired) electrons. The van der Waals surface area contributed by atoms with Gasteiger partial charge in [-0.2, -0.15) is 4.98 Å². The van der Waals surface area contributed by atoms with Gasteiger partial charge in [0.2, 0.25) is 5.28 Å². The molecule has 2 heterocycles. The van der Waals surface area contributed by atoms with Crippen molar-refractivity contribution in [3.63, 3.8) is 0 Å². The van der Waals surface area contributed by atoms with Crippen molar-refractivity contribution in [2.45, 2.75) is 13.0 Å². The fourth-order valence-corrected chi connectivity index (χ4v) is 2.66. The summed E-state index contributed by atoms with van der Waals surface area (Å²) in [6.45, 7) is 0.314. The van der Waals surface area contributed by atoms with Gasteiger partial charge in [-0.05, 0) is 23.6 Å². The number of nitrogens with zero attached hydrogens (tertiary/aromatic N) is 4. The van der Waals surface area contributed by atoms with Crippen LogP contribution in [0.15, 0.2) is 39.9 Å². The first-order chi connectivity index (χ1) is 10.5. The van der Waals surface area contributed by atoms with Crippen LogP contribution >= 0.6 is 11.6 Å². The Morgan fingerprint density at radius 3 is 2.45 bits per heavy atom. The summed E-state index contributed by atoms with van der Waals surface area (Å²) in [6.07, 6.45) is 0.604. The Morgan fingerprint density at radius 1 is 1.09 bits per heavy atom. The van der Waals surface area contributed by atoms with Crippen LogP contribution in [-0.2, 0) is 27.1 Å². The van der Waals surface area contributed by atoms with Gasteiger partial charge in [0, 0.05) is 20.6 Å². The minimum Gasteiger partial charge on any atom is -0.312 e. The van der Waals surface area contributed by atoms with Crippen molar-refractivity contribution in [1.29, 1.82) is 0 Å². The molecule has 1 aromatic carbocycles. The molecule has 0 spiro atoms. The van der Waals surface area contributed by atoms with E-state index in [4.69, 9.17) is 11.6 Å². The van der Waals surface area contributed by atoms with Crippen LogP contribution in [0.5, 0.6) is 0 Å². The third-order valence-corrected chi connectivity index (χ3v) is 4.11. The summed E-state index contributed by atoms with van der Waals surface area (Å²) in [7, 11) is 3.25. The van der Waals surface area contributed by atoms with Crippen LogP contribution in [0.3, 0.4) is 0 Å². The molecule has 0 N–H and O–H groups in total. The van der Waals surface area contributed by atoms with E-state index in [1.165, 1.54) is 13.7 Å². The minimum atomic E-state index is -0.386. The van der Waals surface area contributed by atoms with Crippen LogP contribution in [0.1, 0.15) is 5.56 Å². The molecule has 0 unspecified atom stereocenters. The highest BCUT2D eigenvalue weighted by atomic mass is 35.5. The van der Waals surface area contributed by atoms with E-state index >= 15 is 0 Å². The van der Waals surface area contributed by atoms with Gasteiger partial charge in [-0.25, -0.2) is 4.79 Å². The summed E-state index contributed by atoms with van der Waals surface area (Å²) >= 11 is 5.96. The molecule has 0 atom stereocenters.